The van der Waals surface area contributed by atoms with Crippen molar-refractivity contribution in [2.24, 2.45) is 0 Å². The van der Waals surface area contributed by atoms with Crippen LogP contribution in [0.3, 0.4) is 0 Å². The highest BCUT2D eigenvalue weighted by atomic mass is 79.9. The van der Waals surface area contributed by atoms with E-state index in [-0.39, 0.29) is 10.2 Å². The first-order valence-corrected chi connectivity index (χ1v) is 5.46. The van der Waals surface area contributed by atoms with Crippen molar-refractivity contribution in [3.63, 3.8) is 0 Å². The van der Waals surface area contributed by atoms with E-state index in [0.29, 0.717) is 0 Å². The largest absolute Gasteiger partial charge is 0.235 e. The van der Waals surface area contributed by atoms with Gasteiger partial charge in [-0.05, 0) is 41.9 Å². The maximum Gasteiger partial charge on any atom is 0.151 e. The van der Waals surface area contributed by atoms with E-state index in [1.807, 2.05) is 19.9 Å². The summed E-state index contributed by atoms with van der Waals surface area (Å²) in [5.41, 5.74) is 1.83. The van der Waals surface area contributed by atoms with Crippen LogP contribution in [0.2, 0.25) is 0 Å². The zero-order valence-electron chi connectivity index (χ0n) is 8.76. The molecule has 0 amide bonds. The molecule has 1 aromatic carbocycles. The molecule has 0 bridgehead atoms. The molecule has 0 unspecified atom stereocenters. The average Bonchev–Trinajstić information content (AvgIpc) is 2.51. The molecule has 5 heteroatoms. The Labute approximate surface area is 100 Å². The van der Waals surface area contributed by atoms with Gasteiger partial charge in [-0.3, -0.25) is 0 Å². The van der Waals surface area contributed by atoms with Gasteiger partial charge in [0.15, 0.2) is 5.82 Å². The van der Waals surface area contributed by atoms with Crippen LogP contribution in [0.4, 0.5) is 8.78 Å². The Morgan fingerprint density at radius 1 is 1.12 bits per heavy atom. The third kappa shape index (κ3) is 1.87. The van der Waals surface area contributed by atoms with Gasteiger partial charge in [0.25, 0.3) is 0 Å². The minimum Gasteiger partial charge on any atom is -0.235 e. The van der Waals surface area contributed by atoms with Crippen LogP contribution in [-0.4, -0.2) is 9.78 Å². The molecular weight excluding hydrogens is 278 g/mol. The van der Waals surface area contributed by atoms with Gasteiger partial charge in [-0.1, -0.05) is 0 Å². The van der Waals surface area contributed by atoms with E-state index in [0.717, 1.165) is 17.5 Å². The molecule has 0 radical (unpaired) electrons. The average molecular weight is 287 g/mol. The van der Waals surface area contributed by atoms with Gasteiger partial charge in [-0.15, -0.1) is 0 Å². The van der Waals surface area contributed by atoms with Crippen molar-refractivity contribution in [3.8, 4) is 5.69 Å². The minimum absolute atomic E-state index is 0.219. The molecule has 0 saturated heterocycles. The molecule has 0 aliphatic rings. The number of aryl methyl sites for hydroxylation is 2. The van der Waals surface area contributed by atoms with Crippen LogP contribution in [0.1, 0.15) is 11.4 Å². The summed E-state index contributed by atoms with van der Waals surface area (Å²) in [4.78, 5) is 0. The lowest BCUT2D eigenvalue weighted by molar-refractivity contribution is 0.568. The van der Waals surface area contributed by atoms with Gasteiger partial charge in [0.1, 0.15) is 11.5 Å². The van der Waals surface area contributed by atoms with Crippen molar-refractivity contribution >= 4 is 15.9 Å². The minimum atomic E-state index is -0.633. The fourth-order valence-electron chi connectivity index (χ4n) is 1.55. The maximum absolute atomic E-state index is 13.6. The van der Waals surface area contributed by atoms with Crippen LogP contribution in [0.15, 0.2) is 22.7 Å². The highest BCUT2D eigenvalue weighted by Crippen LogP contribution is 2.23. The SMILES string of the molecule is Cc1cc(C)n(-c2cc(Br)c(F)cc2F)n1. The number of hydrogen-bond donors (Lipinski definition) is 0. The van der Waals surface area contributed by atoms with Crippen LogP contribution >= 0.6 is 15.9 Å². The van der Waals surface area contributed by atoms with E-state index in [1.165, 1.54) is 10.7 Å². The Morgan fingerprint density at radius 2 is 1.81 bits per heavy atom. The lowest BCUT2D eigenvalue weighted by atomic mass is 10.3. The molecule has 0 aliphatic heterocycles. The van der Waals surface area contributed by atoms with Crippen molar-refractivity contribution in [1.29, 1.82) is 0 Å². The number of aromatic nitrogens is 2. The normalized spacial score (nSPS) is 10.8. The molecule has 2 aromatic rings. The summed E-state index contributed by atoms with van der Waals surface area (Å²) in [6.07, 6.45) is 0. The van der Waals surface area contributed by atoms with Crippen LogP contribution in [-0.2, 0) is 0 Å². The first kappa shape index (κ1) is 11.3. The monoisotopic (exact) mass is 286 g/mol. The van der Waals surface area contributed by atoms with Crippen LogP contribution < -0.4 is 0 Å². The van der Waals surface area contributed by atoms with Gasteiger partial charge >= 0.3 is 0 Å². The van der Waals surface area contributed by atoms with E-state index in [4.69, 9.17) is 0 Å². The standard InChI is InChI=1S/C11H9BrF2N2/c1-6-3-7(2)16(15-6)11-4-8(12)9(13)5-10(11)14/h3-5H,1-2H3. The smallest absolute Gasteiger partial charge is 0.151 e. The molecule has 2 rings (SSSR count). The van der Waals surface area contributed by atoms with Crippen molar-refractivity contribution in [3.05, 3.63) is 45.7 Å². The summed E-state index contributed by atoms with van der Waals surface area (Å²) in [6, 6.07) is 4.05. The second-order valence-electron chi connectivity index (χ2n) is 3.56. The Balaban J connectivity index is 2.64. The van der Waals surface area contributed by atoms with Crippen molar-refractivity contribution in [2.45, 2.75) is 13.8 Å². The summed E-state index contributed by atoms with van der Waals surface area (Å²) < 4.78 is 28.3. The van der Waals surface area contributed by atoms with Gasteiger partial charge in [-0.25, -0.2) is 13.5 Å². The number of nitrogens with zero attached hydrogens (tertiary/aromatic N) is 2. The third-order valence-corrected chi connectivity index (χ3v) is 2.84. The molecule has 16 heavy (non-hydrogen) atoms. The van der Waals surface area contributed by atoms with Crippen molar-refractivity contribution in [1.82, 2.24) is 9.78 Å². The van der Waals surface area contributed by atoms with E-state index < -0.39 is 11.6 Å². The topological polar surface area (TPSA) is 17.8 Å². The van der Waals surface area contributed by atoms with Gasteiger partial charge < -0.3 is 0 Å². The highest BCUT2D eigenvalue weighted by Gasteiger charge is 2.12. The lowest BCUT2D eigenvalue weighted by Crippen LogP contribution is -2.03. The molecule has 0 N–H and O–H groups in total. The van der Waals surface area contributed by atoms with Gasteiger partial charge in [0.2, 0.25) is 0 Å². The Kier molecular flexibility index (Phi) is 2.80. The number of benzene rings is 1. The van der Waals surface area contributed by atoms with Crippen LogP contribution in [0.5, 0.6) is 0 Å². The number of rotatable bonds is 1. The van der Waals surface area contributed by atoms with Crippen LogP contribution in [0, 0.1) is 25.5 Å². The lowest BCUT2D eigenvalue weighted by Gasteiger charge is -2.06. The molecule has 0 fully saturated rings. The van der Waals surface area contributed by atoms with Crippen LogP contribution in [0.25, 0.3) is 5.69 Å². The first-order valence-electron chi connectivity index (χ1n) is 4.67. The second kappa shape index (κ2) is 3.97. The predicted octanol–water partition coefficient (Wildman–Crippen LogP) is 3.53. The second-order valence-corrected chi connectivity index (χ2v) is 4.41. The summed E-state index contributed by atoms with van der Waals surface area (Å²) in [5.74, 6) is -1.25. The molecule has 2 nitrogen and oxygen atoms in total. The Morgan fingerprint density at radius 3 is 2.38 bits per heavy atom. The molecule has 0 aliphatic carbocycles. The van der Waals surface area contributed by atoms with Gasteiger partial charge in [-0.2, -0.15) is 5.10 Å². The molecule has 84 valence electrons. The molecular formula is C11H9BrF2N2. The first-order chi connectivity index (χ1) is 7.49. The summed E-state index contributed by atoms with van der Waals surface area (Å²) in [6.45, 7) is 3.64. The third-order valence-electron chi connectivity index (χ3n) is 2.23. The summed E-state index contributed by atoms with van der Waals surface area (Å²) >= 11 is 3.03. The molecule has 1 heterocycles. The highest BCUT2D eigenvalue weighted by molar-refractivity contribution is 9.10. The van der Waals surface area contributed by atoms with Gasteiger partial charge in [0, 0.05) is 11.8 Å². The zero-order chi connectivity index (χ0) is 11.9. The van der Waals surface area contributed by atoms with E-state index in [9.17, 15) is 8.78 Å². The summed E-state index contributed by atoms with van der Waals surface area (Å²) in [5, 5.41) is 4.15. The molecule has 1 aromatic heterocycles. The Bertz CT molecular complexity index is 549. The van der Waals surface area contributed by atoms with Crippen molar-refractivity contribution in [2.75, 3.05) is 0 Å². The number of halogens is 3. The Hall–Kier alpha value is -1.23. The van der Waals surface area contributed by atoms with Gasteiger partial charge in [0.05, 0.1) is 10.2 Å². The van der Waals surface area contributed by atoms with E-state index >= 15 is 0 Å². The molecule has 0 spiro atoms. The fourth-order valence-corrected chi connectivity index (χ4v) is 1.88. The predicted molar refractivity (Wildman–Crippen MR) is 60.7 cm³/mol. The zero-order valence-corrected chi connectivity index (χ0v) is 10.3. The van der Waals surface area contributed by atoms with E-state index in [1.54, 1.807) is 0 Å². The van der Waals surface area contributed by atoms with E-state index in [2.05, 4.69) is 21.0 Å². The molecule has 0 saturated carbocycles. The maximum atomic E-state index is 13.6. The number of hydrogen-bond acceptors (Lipinski definition) is 1. The quantitative estimate of drug-likeness (QED) is 0.734. The van der Waals surface area contributed by atoms with Crippen molar-refractivity contribution < 1.29 is 8.78 Å². The molecule has 0 atom stereocenters. The fraction of sp³-hybridized carbons (Fsp3) is 0.182. The summed E-state index contributed by atoms with van der Waals surface area (Å²) in [7, 11) is 0.